The number of fused-ring (bicyclic) bond motifs is 1. The molecular formula is C18H21NO3. The number of rotatable bonds is 4. The van der Waals surface area contributed by atoms with Crippen LogP contribution < -0.4 is 10.1 Å². The van der Waals surface area contributed by atoms with Gasteiger partial charge in [0.1, 0.15) is 11.9 Å². The van der Waals surface area contributed by atoms with Crippen LogP contribution in [0.15, 0.2) is 42.0 Å². The molecule has 1 aromatic carbocycles. The van der Waals surface area contributed by atoms with E-state index < -0.39 is 0 Å². The van der Waals surface area contributed by atoms with Gasteiger partial charge in [-0.25, -0.2) is 0 Å². The molecule has 2 aliphatic heterocycles. The van der Waals surface area contributed by atoms with Crippen molar-refractivity contribution in [2.75, 3.05) is 13.2 Å². The molecule has 1 amide bonds. The Labute approximate surface area is 130 Å². The number of para-hydroxylation sites is 1. The molecule has 2 heterocycles. The molecule has 2 aliphatic rings. The van der Waals surface area contributed by atoms with Gasteiger partial charge in [-0.15, -0.1) is 0 Å². The molecule has 0 aliphatic carbocycles. The minimum atomic E-state index is -0.0949. The van der Waals surface area contributed by atoms with Gasteiger partial charge in [0.15, 0.2) is 0 Å². The Morgan fingerprint density at radius 2 is 2.27 bits per heavy atom. The molecule has 4 nitrogen and oxygen atoms in total. The second kappa shape index (κ2) is 6.79. The van der Waals surface area contributed by atoms with Gasteiger partial charge < -0.3 is 14.8 Å². The van der Waals surface area contributed by atoms with E-state index in [-0.39, 0.29) is 18.1 Å². The monoisotopic (exact) mass is 299 g/mol. The Kier molecular flexibility index (Phi) is 4.59. The normalized spacial score (nSPS) is 23.8. The SMILES string of the molecule is CC1Oc2ccccc2C=C1/C=C/C(=O)NCC1CCCO1. The van der Waals surface area contributed by atoms with Gasteiger partial charge in [0.2, 0.25) is 5.91 Å². The smallest absolute Gasteiger partial charge is 0.244 e. The number of hydrogen-bond donors (Lipinski definition) is 1. The molecule has 2 atom stereocenters. The highest BCUT2D eigenvalue weighted by atomic mass is 16.5. The van der Waals surface area contributed by atoms with Crippen molar-refractivity contribution >= 4 is 12.0 Å². The van der Waals surface area contributed by atoms with Crippen molar-refractivity contribution in [1.29, 1.82) is 0 Å². The standard InChI is InChI=1S/C18H21NO3/c1-13-14(11-15-5-2-3-7-17(15)22-13)8-9-18(20)19-12-16-6-4-10-21-16/h2-3,5,7-9,11,13,16H,4,6,10,12H2,1H3,(H,19,20)/b9-8+. The van der Waals surface area contributed by atoms with E-state index in [1.165, 1.54) is 0 Å². The number of nitrogens with one attached hydrogen (secondary N) is 1. The Balaban J connectivity index is 1.59. The van der Waals surface area contributed by atoms with E-state index in [1.54, 1.807) is 6.08 Å². The van der Waals surface area contributed by atoms with Crippen LogP contribution in [0.25, 0.3) is 6.08 Å². The number of carbonyl (C=O) groups excluding carboxylic acids is 1. The number of carbonyl (C=O) groups is 1. The van der Waals surface area contributed by atoms with E-state index in [9.17, 15) is 4.79 Å². The summed E-state index contributed by atoms with van der Waals surface area (Å²) in [5, 5.41) is 2.88. The highest BCUT2D eigenvalue weighted by molar-refractivity contribution is 5.88. The quantitative estimate of drug-likeness (QED) is 0.870. The highest BCUT2D eigenvalue weighted by Crippen LogP contribution is 2.29. The first-order chi connectivity index (χ1) is 10.7. The lowest BCUT2D eigenvalue weighted by atomic mass is 10.0. The first-order valence-corrected chi connectivity index (χ1v) is 7.77. The van der Waals surface area contributed by atoms with Gasteiger partial charge >= 0.3 is 0 Å². The number of ether oxygens (including phenoxy) is 2. The zero-order chi connectivity index (χ0) is 15.4. The molecule has 1 aromatic rings. The van der Waals surface area contributed by atoms with Crippen LogP contribution >= 0.6 is 0 Å². The predicted octanol–water partition coefficient (Wildman–Crippen LogP) is 2.70. The Hall–Kier alpha value is -2.07. The minimum Gasteiger partial charge on any atom is -0.485 e. The summed E-state index contributed by atoms with van der Waals surface area (Å²) in [5.74, 6) is 0.789. The van der Waals surface area contributed by atoms with Crippen LogP contribution in [0.4, 0.5) is 0 Å². The first kappa shape index (κ1) is 14.9. The van der Waals surface area contributed by atoms with E-state index in [0.29, 0.717) is 6.54 Å². The van der Waals surface area contributed by atoms with Crippen molar-refractivity contribution in [2.45, 2.75) is 32.0 Å². The zero-order valence-electron chi connectivity index (χ0n) is 12.7. The summed E-state index contributed by atoms with van der Waals surface area (Å²) in [5.41, 5.74) is 2.03. The lowest BCUT2D eigenvalue weighted by molar-refractivity contribution is -0.117. The largest absolute Gasteiger partial charge is 0.485 e. The summed E-state index contributed by atoms with van der Waals surface area (Å²) < 4.78 is 11.3. The van der Waals surface area contributed by atoms with Crippen LogP contribution in [0.5, 0.6) is 5.75 Å². The fourth-order valence-corrected chi connectivity index (χ4v) is 2.70. The minimum absolute atomic E-state index is 0.0582. The molecule has 3 rings (SSSR count). The molecule has 22 heavy (non-hydrogen) atoms. The van der Waals surface area contributed by atoms with Gasteiger partial charge in [-0.1, -0.05) is 18.2 Å². The topological polar surface area (TPSA) is 47.6 Å². The second-order valence-corrected chi connectivity index (χ2v) is 5.66. The molecule has 0 aromatic heterocycles. The van der Waals surface area contributed by atoms with Crippen molar-refractivity contribution < 1.29 is 14.3 Å². The third-order valence-electron chi connectivity index (χ3n) is 3.97. The van der Waals surface area contributed by atoms with Crippen LogP contribution in [-0.4, -0.2) is 31.3 Å². The van der Waals surface area contributed by atoms with E-state index in [4.69, 9.17) is 9.47 Å². The van der Waals surface area contributed by atoms with Crippen molar-refractivity contribution in [3.05, 3.63) is 47.6 Å². The zero-order valence-corrected chi connectivity index (χ0v) is 12.7. The van der Waals surface area contributed by atoms with Crippen molar-refractivity contribution in [3.8, 4) is 5.75 Å². The summed E-state index contributed by atoms with van der Waals surface area (Å²) in [4.78, 5) is 11.9. The first-order valence-electron chi connectivity index (χ1n) is 7.77. The molecule has 0 radical (unpaired) electrons. The number of amides is 1. The van der Waals surface area contributed by atoms with Crippen LogP contribution in [0, 0.1) is 0 Å². The summed E-state index contributed by atoms with van der Waals surface area (Å²) in [7, 11) is 0. The van der Waals surface area contributed by atoms with Crippen LogP contribution in [0.3, 0.4) is 0 Å². The summed E-state index contributed by atoms with van der Waals surface area (Å²) in [6.45, 7) is 3.37. The predicted molar refractivity (Wildman–Crippen MR) is 85.6 cm³/mol. The van der Waals surface area contributed by atoms with E-state index in [2.05, 4.69) is 11.4 Å². The lowest BCUT2D eigenvalue weighted by Crippen LogP contribution is -2.30. The van der Waals surface area contributed by atoms with Crippen LogP contribution in [0.1, 0.15) is 25.3 Å². The van der Waals surface area contributed by atoms with Gasteiger partial charge in [0.05, 0.1) is 6.10 Å². The van der Waals surface area contributed by atoms with Crippen LogP contribution in [-0.2, 0) is 9.53 Å². The highest BCUT2D eigenvalue weighted by Gasteiger charge is 2.17. The summed E-state index contributed by atoms with van der Waals surface area (Å²) >= 11 is 0. The van der Waals surface area contributed by atoms with E-state index >= 15 is 0 Å². The average Bonchev–Trinajstić information content (AvgIpc) is 3.04. The molecule has 1 fully saturated rings. The van der Waals surface area contributed by atoms with Crippen LogP contribution in [0.2, 0.25) is 0 Å². The van der Waals surface area contributed by atoms with Gasteiger partial charge in [-0.3, -0.25) is 4.79 Å². The van der Waals surface area contributed by atoms with Crippen molar-refractivity contribution in [3.63, 3.8) is 0 Å². The van der Waals surface area contributed by atoms with E-state index in [1.807, 2.05) is 37.3 Å². The molecule has 2 unspecified atom stereocenters. The van der Waals surface area contributed by atoms with Gasteiger partial charge in [-0.2, -0.15) is 0 Å². The second-order valence-electron chi connectivity index (χ2n) is 5.66. The molecule has 116 valence electrons. The Morgan fingerprint density at radius 1 is 1.41 bits per heavy atom. The van der Waals surface area contributed by atoms with Gasteiger partial charge in [-0.05, 0) is 43.6 Å². The molecule has 1 N–H and O–H groups in total. The lowest BCUT2D eigenvalue weighted by Gasteiger charge is -2.22. The van der Waals surface area contributed by atoms with Gasteiger partial charge in [0, 0.05) is 24.8 Å². The molecule has 0 saturated carbocycles. The fourth-order valence-electron chi connectivity index (χ4n) is 2.70. The Bertz CT molecular complexity index is 600. The van der Waals surface area contributed by atoms with Crippen molar-refractivity contribution in [2.24, 2.45) is 0 Å². The maximum atomic E-state index is 11.9. The summed E-state index contributed by atoms with van der Waals surface area (Å²) in [6, 6.07) is 7.90. The summed E-state index contributed by atoms with van der Waals surface area (Å²) in [6.07, 6.45) is 7.67. The van der Waals surface area contributed by atoms with Crippen molar-refractivity contribution in [1.82, 2.24) is 5.32 Å². The fraction of sp³-hybridized carbons (Fsp3) is 0.389. The van der Waals surface area contributed by atoms with E-state index in [0.717, 1.165) is 36.3 Å². The maximum absolute atomic E-state index is 11.9. The molecular weight excluding hydrogens is 278 g/mol. The molecule has 0 spiro atoms. The molecule has 4 heteroatoms. The van der Waals surface area contributed by atoms with Gasteiger partial charge in [0.25, 0.3) is 0 Å². The average molecular weight is 299 g/mol. The molecule has 1 saturated heterocycles. The number of benzene rings is 1. The number of hydrogen-bond acceptors (Lipinski definition) is 3. The third kappa shape index (κ3) is 3.57. The Morgan fingerprint density at radius 3 is 3.09 bits per heavy atom. The third-order valence-corrected chi connectivity index (χ3v) is 3.97. The molecule has 0 bridgehead atoms. The maximum Gasteiger partial charge on any atom is 0.244 e.